The first-order valence-corrected chi connectivity index (χ1v) is 5.04. The number of hydrogen-bond acceptors (Lipinski definition) is 2. The van der Waals surface area contributed by atoms with Crippen LogP contribution in [-0.2, 0) is 4.79 Å². The molecule has 0 unspecified atom stereocenters. The Balaban J connectivity index is 2.03. The molecule has 1 aromatic rings. The van der Waals surface area contributed by atoms with Crippen molar-refractivity contribution < 1.29 is 9.18 Å². The molecule has 1 aliphatic rings. The number of nitrogens with one attached hydrogen (secondary N) is 2. The van der Waals surface area contributed by atoms with Gasteiger partial charge in [-0.1, -0.05) is 11.6 Å². The van der Waals surface area contributed by atoms with E-state index in [1.165, 1.54) is 12.1 Å². The van der Waals surface area contributed by atoms with E-state index in [-0.39, 0.29) is 17.0 Å². The normalized spacial score (nSPS) is 19.5. The Labute approximate surface area is 91.6 Å². The first-order valence-electron chi connectivity index (χ1n) is 4.66. The second-order valence-electron chi connectivity index (χ2n) is 3.41. The topological polar surface area (TPSA) is 41.1 Å². The third-order valence-electron chi connectivity index (χ3n) is 2.33. The van der Waals surface area contributed by atoms with Crippen molar-refractivity contribution in [2.45, 2.75) is 12.5 Å². The minimum atomic E-state index is -0.531. The molecule has 2 rings (SSSR count). The summed E-state index contributed by atoms with van der Waals surface area (Å²) in [5, 5.41) is 5.62. The smallest absolute Gasteiger partial charge is 0.241 e. The summed E-state index contributed by atoms with van der Waals surface area (Å²) in [5.41, 5.74) is 0.426. The van der Waals surface area contributed by atoms with Gasteiger partial charge >= 0.3 is 0 Å². The van der Waals surface area contributed by atoms with E-state index in [4.69, 9.17) is 11.6 Å². The molecule has 0 aromatic heterocycles. The van der Waals surface area contributed by atoms with Crippen LogP contribution in [0.4, 0.5) is 10.1 Å². The van der Waals surface area contributed by atoms with Crippen molar-refractivity contribution >= 4 is 23.2 Å². The Morgan fingerprint density at radius 1 is 1.60 bits per heavy atom. The lowest BCUT2D eigenvalue weighted by Gasteiger charge is -2.26. The van der Waals surface area contributed by atoms with E-state index in [2.05, 4.69) is 10.6 Å². The fourth-order valence-electron chi connectivity index (χ4n) is 1.32. The number of amides is 1. The van der Waals surface area contributed by atoms with Crippen LogP contribution in [0.5, 0.6) is 0 Å². The fraction of sp³-hybridized carbons (Fsp3) is 0.300. The van der Waals surface area contributed by atoms with Gasteiger partial charge in [-0.05, 0) is 31.2 Å². The Hall–Kier alpha value is -1.13. The van der Waals surface area contributed by atoms with E-state index < -0.39 is 5.82 Å². The summed E-state index contributed by atoms with van der Waals surface area (Å²) in [7, 11) is 0. The predicted octanol–water partition coefficient (Wildman–Crippen LogP) is 1.78. The number of carbonyl (C=O) groups is 1. The summed E-state index contributed by atoms with van der Waals surface area (Å²) in [4.78, 5) is 11.5. The monoisotopic (exact) mass is 228 g/mol. The molecule has 80 valence electrons. The van der Waals surface area contributed by atoms with Gasteiger partial charge in [-0.2, -0.15) is 0 Å². The number of anilines is 1. The van der Waals surface area contributed by atoms with E-state index in [0.29, 0.717) is 5.69 Å². The quantitative estimate of drug-likeness (QED) is 0.810. The third kappa shape index (κ3) is 2.27. The molecule has 1 atom stereocenters. The summed E-state index contributed by atoms with van der Waals surface area (Å²) in [6.45, 7) is 0.854. The maximum absolute atomic E-state index is 13.0. The zero-order valence-corrected chi connectivity index (χ0v) is 8.64. The van der Waals surface area contributed by atoms with Crippen molar-refractivity contribution in [3.8, 4) is 0 Å². The van der Waals surface area contributed by atoms with Gasteiger partial charge in [-0.3, -0.25) is 4.79 Å². The fourth-order valence-corrected chi connectivity index (χ4v) is 1.43. The van der Waals surface area contributed by atoms with Crippen LogP contribution in [0, 0.1) is 5.82 Å². The minimum Gasteiger partial charge on any atom is -0.325 e. The number of halogens is 2. The van der Waals surface area contributed by atoms with Gasteiger partial charge in [0.1, 0.15) is 5.82 Å². The van der Waals surface area contributed by atoms with Gasteiger partial charge in [-0.25, -0.2) is 4.39 Å². The lowest BCUT2D eigenvalue weighted by atomic mass is 10.1. The molecular weight excluding hydrogens is 219 g/mol. The number of benzene rings is 1. The maximum Gasteiger partial charge on any atom is 0.241 e. The average molecular weight is 229 g/mol. The molecule has 1 saturated heterocycles. The Kier molecular flexibility index (Phi) is 2.88. The van der Waals surface area contributed by atoms with Gasteiger partial charge in [0.05, 0.1) is 11.1 Å². The lowest BCUT2D eigenvalue weighted by molar-refractivity contribution is -0.119. The van der Waals surface area contributed by atoms with E-state index in [1.807, 2.05) is 0 Å². The molecule has 1 aromatic carbocycles. The van der Waals surface area contributed by atoms with Crippen LogP contribution in [0.1, 0.15) is 6.42 Å². The molecule has 0 radical (unpaired) electrons. The molecule has 2 N–H and O–H groups in total. The molecular formula is C10H10ClFN2O. The Morgan fingerprint density at radius 3 is 2.87 bits per heavy atom. The molecule has 1 fully saturated rings. The highest BCUT2D eigenvalue weighted by atomic mass is 35.5. The second-order valence-corrected chi connectivity index (χ2v) is 3.82. The van der Waals surface area contributed by atoms with Crippen molar-refractivity contribution in [1.29, 1.82) is 0 Å². The summed E-state index contributed by atoms with van der Waals surface area (Å²) >= 11 is 5.52. The van der Waals surface area contributed by atoms with E-state index in [1.54, 1.807) is 6.07 Å². The average Bonchev–Trinajstić information content (AvgIpc) is 2.08. The number of carbonyl (C=O) groups excluding carboxylic acids is 1. The van der Waals surface area contributed by atoms with Gasteiger partial charge in [-0.15, -0.1) is 0 Å². The molecule has 5 heteroatoms. The van der Waals surface area contributed by atoms with E-state index >= 15 is 0 Å². The predicted molar refractivity (Wildman–Crippen MR) is 56.4 cm³/mol. The molecule has 0 spiro atoms. The van der Waals surface area contributed by atoms with Gasteiger partial charge in [0.15, 0.2) is 0 Å². The first-order chi connectivity index (χ1) is 7.16. The molecule has 0 aliphatic carbocycles. The lowest BCUT2D eigenvalue weighted by Crippen LogP contribution is -2.50. The zero-order valence-electron chi connectivity index (χ0n) is 7.89. The Bertz CT molecular complexity index is 393. The largest absolute Gasteiger partial charge is 0.325 e. The van der Waals surface area contributed by atoms with Crippen LogP contribution in [0.2, 0.25) is 5.02 Å². The van der Waals surface area contributed by atoms with E-state index in [0.717, 1.165) is 13.0 Å². The SMILES string of the molecule is O=C(Nc1ccc(Cl)c(F)c1)[C@H]1CCN1. The molecule has 1 heterocycles. The van der Waals surface area contributed by atoms with Gasteiger partial charge in [0, 0.05) is 5.69 Å². The molecule has 1 aliphatic heterocycles. The van der Waals surface area contributed by atoms with Crippen molar-refractivity contribution in [2.75, 3.05) is 11.9 Å². The van der Waals surface area contributed by atoms with Gasteiger partial charge in [0.25, 0.3) is 0 Å². The highest BCUT2D eigenvalue weighted by Gasteiger charge is 2.24. The van der Waals surface area contributed by atoms with Crippen molar-refractivity contribution in [2.24, 2.45) is 0 Å². The summed E-state index contributed by atoms with van der Waals surface area (Å²) < 4.78 is 13.0. The molecule has 1 amide bonds. The van der Waals surface area contributed by atoms with Crippen LogP contribution in [0.15, 0.2) is 18.2 Å². The number of hydrogen-bond donors (Lipinski definition) is 2. The van der Waals surface area contributed by atoms with Crippen LogP contribution >= 0.6 is 11.6 Å². The van der Waals surface area contributed by atoms with Crippen LogP contribution in [0.3, 0.4) is 0 Å². The zero-order chi connectivity index (χ0) is 10.8. The molecule has 0 saturated carbocycles. The van der Waals surface area contributed by atoms with E-state index in [9.17, 15) is 9.18 Å². The van der Waals surface area contributed by atoms with Crippen molar-refractivity contribution in [3.63, 3.8) is 0 Å². The summed E-state index contributed by atoms with van der Waals surface area (Å²) in [6.07, 6.45) is 0.821. The van der Waals surface area contributed by atoms with Crippen LogP contribution in [0.25, 0.3) is 0 Å². The minimum absolute atomic E-state index is 0.0507. The first kappa shape index (κ1) is 10.4. The molecule has 15 heavy (non-hydrogen) atoms. The highest BCUT2D eigenvalue weighted by Crippen LogP contribution is 2.19. The second kappa shape index (κ2) is 4.16. The van der Waals surface area contributed by atoms with Gasteiger partial charge in [0.2, 0.25) is 5.91 Å². The third-order valence-corrected chi connectivity index (χ3v) is 2.63. The van der Waals surface area contributed by atoms with Crippen molar-refractivity contribution in [3.05, 3.63) is 29.0 Å². The Morgan fingerprint density at radius 2 is 2.33 bits per heavy atom. The highest BCUT2D eigenvalue weighted by molar-refractivity contribution is 6.30. The molecule has 0 bridgehead atoms. The van der Waals surface area contributed by atoms with Crippen LogP contribution < -0.4 is 10.6 Å². The molecule has 3 nitrogen and oxygen atoms in total. The summed E-state index contributed by atoms with van der Waals surface area (Å²) in [6, 6.07) is 4.05. The standard InChI is InChI=1S/C10H10ClFN2O/c11-7-2-1-6(5-8(7)12)14-10(15)9-3-4-13-9/h1-2,5,9,13H,3-4H2,(H,14,15)/t9-/m1/s1. The van der Waals surface area contributed by atoms with Crippen LogP contribution in [-0.4, -0.2) is 18.5 Å². The van der Waals surface area contributed by atoms with Gasteiger partial charge < -0.3 is 10.6 Å². The maximum atomic E-state index is 13.0. The number of rotatable bonds is 2. The van der Waals surface area contributed by atoms with Crippen molar-refractivity contribution in [1.82, 2.24) is 5.32 Å². The summed E-state index contributed by atoms with van der Waals surface area (Å²) in [5.74, 6) is -0.668.